The van der Waals surface area contributed by atoms with Gasteiger partial charge in [0, 0.05) is 16.5 Å². The van der Waals surface area contributed by atoms with Crippen molar-refractivity contribution >= 4 is 34.1 Å². The second-order valence-electron chi connectivity index (χ2n) is 5.88. The lowest BCUT2D eigenvalue weighted by molar-refractivity contribution is -0.141. The summed E-state index contributed by atoms with van der Waals surface area (Å²) in [4.78, 5) is 3.63. The third-order valence-corrected chi connectivity index (χ3v) is 4.71. The highest BCUT2D eigenvalue weighted by atomic mass is 35.5. The Hall–Kier alpha value is -1.08. The lowest BCUT2D eigenvalue weighted by atomic mass is 9.92. The molecule has 3 nitrogen and oxygen atoms in total. The average molecular weight is 379 g/mol. The highest BCUT2D eigenvalue weighted by Crippen LogP contribution is 2.38. The van der Waals surface area contributed by atoms with Crippen LogP contribution in [0.1, 0.15) is 36.6 Å². The smallest absolute Gasteiger partial charge is 0.387 e. The van der Waals surface area contributed by atoms with Gasteiger partial charge in [0.2, 0.25) is 0 Å². The number of rotatable bonds is 2. The number of pyridine rings is 1. The molecule has 0 aliphatic carbocycles. The largest absolute Gasteiger partial charge is 0.433 e. The Morgan fingerprint density at radius 1 is 1.21 bits per heavy atom. The molecule has 1 fully saturated rings. The van der Waals surface area contributed by atoms with E-state index in [1.54, 1.807) is 0 Å². The van der Waals surface area contributed by atoms with Crippen LogP contribution in [0.25, 0.3) is 10.9 Å². The molecule has 1 saturated heterocycles. The van der Waals surface area contributed by atoms with Gasteiger partial charge in [0.25, 0.3) is 0 Å². The SMILES string of the molecule is O[C@@H](c1cc(C(F)(F)F)nc2c(Cl)cc(Cl)cc12)[C@@H]1CCCCN1. The van der Waals surface area contributed by atoms with Gasteiger partial charge in [0.15, 0.2) is 0 Å². The molecule has 0 unspecified atom stereocenters. The van der Waals surface area contributed by atoms with Gasteiger partial charge in [0.05, 0.1) is 16.6 Å². The summed E-state index contributed by atoms with van der Waals surface area (Å²) in [5, 5.41) is 14.5. The molecular weight excluding hydrogens is 364 g/mol. The molecule has 2 N–H and O–H groups in total. The Bertz CT molecular complexity index is 761. The van der Waals surface area contributed by atoms with Gasteiger partial charge in [-0.15, -0.1) is 0 Å². The van der Waals surface area contributed by atoms with Crippen LogP contribution in [-0.4, -0.2) is 22.7 Å². The lowest BCUT2D eigenvalue weighted by Gasteiger charge is -2.29. The molecule has 8 heteroatoms. The number of aliphatic hydroxyl groups is 1. The Morgan fingerprint density at radius 2 is 1.96 bits per heavy atom. The molecule has 1 aromatic heterocycles. The van der Waals surface area contributed by atoms with Gasteiger partial charge in [-0.25, -0.2) is 4.98 Å². The van der Waals surface area contributed by atoms with E-state index in [4.69, 9.17) is 23.2 Å². The highest BCUT2D eigenvalue weighted by Gasteiger charge is 2.35. The number of nitrogens with zero attached hydrogens (tertiary/aromatic N) is 1. The Labute approximate surface area is 146 Å². The second kappa shape index (κ2) is 6.67. The number of hydrogen-bond donors (Lipinski definition) is 2. The molecule has 0 amide bonds. The van der Waals surface area contributed by atoms with Gasteiger partial charge in [-0.1, -0.05) is 29.6 Å². The number of halogens is 5. The fourth-order valence-electron chi connectivity index (χ4n) is 3.03. The summed E-state index contributed by atoms with van der Waals surface area (Å²) < 4.78 is 39.6. The fraction of sp³-hybridized carbons (Fsp3) is 0.438. The first kappa shape index (κ1) is 17.7. The lowest BCUT2D eigenvalue weighted by Crippen LogP contribution is -2.39. The van der Waals surface area contributed by atoms with Crippen LogP contribution in [0.4, 0.5) is 13.2 Å². The second-order valence-corrected chi connectivity index (χ2v) is 6.72. The maximum absolute atomic E-state index is 13.2. The monoisotopic (exact) mass is 378 g/mol. The van der Waals surface area contributed by atoms with Gasteiger partial charge in [-0.05, 0) is 43.1 Å². The summed E-state index contributed by atoms with van der Waals surface area (Å²) in [5.41, 5.74) is -0.957. The summed E-state index contributed by atoms with van der Waals surface area (Å²) in [6.07, 6.45) is -3.17. The Kier molecular flexibility index (Phi) is 4.93. The molecule has 2 heterocycles. The van der Waals surface area contributed by atoms with Crippen molar-refractivity contribution in [3.05, 3.63) is 39.5 Å². The summed E-state index contributed by atoms with van der Waals surface area (Å²) in [5.74, 6) is 0. The van der Waals surface area contributed by atoms with Gasteiger partial charge in [-0.3, -0.25) is 0 Å². The molecule has 1 aliphatic heterocycles. The molecule has 0 radical (unpaired) electrons. The number of alkyl halides is 3. The van der Waals surface area contributed by atoms with Crippen LogP contribution in [-0.2, 0) is 6.18 Å². The van der Waals surface area contributed by atoms with Crippen molar-refractivity contribution in [2.45, 2.75) is 37.6 Å². The fourth-order valence-corrected chi connectivity index (χ4v) is 3.57. The van der Waals surface area contributed by atoms with Crippen LogP contribution in [0.3, 0.4) is 0 Å². The van der Waals surface area contributed by atoms with Crippen molar-refractivity contribution in [2.75, 3.05) is 6.54 Å². The third-order valence-electron chi connectivity index (χ3n) is 4.20. The molecule has 2 atom stereocenters. The van der Waals surface area contributed by atoms with Gasteiger partial charge >= 0.3 is 6.18 Å². The molecule has 0 saturated carbocycles. The quantitative estimate of drug-likeness (QED) is 0.793. The van der Waals surface area contributed by atoms with Gasteiger partial charge in [-0.2, -0.15) is 13.2 Å². The summed E-state index contributed by atoms with van der Waals surface area (Å²) in [6.45, 7) is 0.721. The normalized spacial score (nSPS) is 20.3. The summed E-state index contributed by atoms with van der Waals surface area (Å²) >= 11 is 12.0. The molecule has 130 valence electrons. The zero-order valence-electron chi connectivity index (χ0n) is 12.5. The number of benzene rings is 1. The molecular formula is C16H15Cl2F3N2O. The number of aromatic nitrogens is 1. The zero-order valence-corrected chi connectivity index (χ0v) is 14.0. The zero-order chi connectivity index (χ0) is 17.5. The van der Waals surface area contributed by atoms with Crippen LogP contribution in [0.5, 0.6) is 0 Å². The molecule has 2 aromatic rings. The van der Waals surface area contributed by atoms with Crippen molar-refractivity contribution in [1.82, 2.24) is 10.3 Å². The van der Waals surface area contributed by atoms with E-state index in [-0.39, 0.29) is 27.2 Å². The minimum absolute atomic E-state index is 0.0132. The van der Waals surface area contributed by atoms with Crippen molar-refractivity contribution in [3.8, 4) is 0 Å². The van der Waals surface area contributed by atoms with Crippen LogP contribution < -0.4 is 5.32 Å². The van der Waals surface area contributed by atoms with E-state index in [1.807, 2.05) is 0 Å². The van der Waals surface area contributed by atoms with E-state index < -0.39 is 18.0 Å². The third kappa shape index (κ3) is 3.47. The molecule has 3 rings (SSSR count). The van der Waals surface area contributed by atoms with E-state index in [0.717, 1.165) is 25.5 Å². The summed E-state index contributed by atoms with van der Waals surface area (Å²) in [7, 11) is 0. The average Bonchev–Trinajstić information content (AvgIpc) is 2.53. The van der Waals surface area contributed by atoms with Crippen molar-refractivity contribution < 1.29 is 18.3 Å². The number of hydrogen-bond acceptors (Lipinski definition) is 3. The molecule has 1 aliphatic rings. The first-order chi connectivity index (χ1) is 11.3. The van der Waals surface area contributed by atoms with Crippen LogP contribution >= 0.6 is 23.2 Å². The van der Waals surface area contributed by atoms with Crippen molar-refractivity contribution in [3.63, 3.8) is 0 Å². The van der Waals surface area contributed by atoms with E-state index in [2.05, 4.69) is 10.3 Å². The minimum Gasteiger partial charge on any atom is -0.387 e. The number of fused-ring (bicyclic) bond motifs is 1. The predicted octanol–water partition coefficient (Wildman–Crippen LogP) is 4.74. The van der Waals surface area contributed by atoms with Crippen LogP contribution in [0.2, 0.25) is 10.0 Å². The Balaban J connectivity index is 2.19. The predicted molar refractivity (Wildman–Crippen MR) is 87.4 cm³/mol. The van der Waals surface area contributed by atoms with Gasteiger partial charge < -0.3 is 10.4 Å². The number of nitrogens with one attached hydrogen (secondary N) is 1. The first-order valence-electron chi connectivity index (χ1n) is 7.55. The molecule has 0 spiro atoms. The van der Waals surface area contributed by atoms with Crippen molar-refractivity contribution in [1.29, 1.82) is 0 Å². The van der Waals surface area contributed by atoms with Crippen LogP contribution in [0.15, 0.2) is 18.2 Å². The van der Waals surface area contributed by atoms with Crippen molar-refractivity contribution in [2.24, 2.45) is 0 Å². The topological polar surface area (TPSA) is 45.2 Å². The Morgan fingerprint density at radius 3 is 2.58 bits per heavy atom. The molecule has 24 heavy (non-hydrogen) atoms. The van der Waals surface area contributed by atoms with E-state index in [0.29, 0.717) is 11.8 Å². The highest BCUT2D eigenvalue weighted by molar-refractivity contribution is 6.38. The maximum atomic E-state index is 13.2. The first-order valence-corrected chi connectivity index (χ1v) is 8.31. The molecule has 0 bridgehead atoms. The maximum Gasteiger partial charge on any atom is 0.433 e. The van der Waals surface area contributed by atoms with E-state index >= 15 is 0 Å². The standard InChI is InChI=1S/C16H15Cl2F3N2O/c17-8-5-9-10(15(24)12-3-1-2-4-22-12)7-13(16(19,20)21)23-14(9)11(18)6-8/h5-7,12,15,22,24H,1-4H2/t12-,15-/m0/s1. The van der Waals surface area contributed by atoms with Crippen LogP contribution in [0, 0.1) is 0 Å². The minimum atomic E-state index is -4.63. The number of piperidine rings is 1. The van der Waals surface area contributed by atoms with E-state index in [9.17, 15) is 18.3 Å². The van der Waals surface area contributed by atoms with Gasteiger partial charge in [0.1, 0.15) is 5.69 Å². The van der Waals surface area contributed by atoms with E-state index in [1.165, 1.54) is 12.1 Å². The number of aliphatic hydroxyl groups excluding tert-OH is 1. The summed E-state index contributed by atoms with van der Waals surface area (Å²) in [6, 6.07) is 3.39. The molecule has 1 aromatic carbocycles.